The second-order valence-corrected chi connectivity index (χ2v) is 13.8. The van der Waals surface area contributed by atoms with Gasteiger partial charge in [-0.25, -0.2) is 4.79 Å². The summed E-state index contributed by atoms with van der Waals surface area (Å²) in [4.78, 5) is 71.5. The molecule has 51 heavy (non-hydrogen) atoms. The van der Waals surface area contributed by atoms with Crippen LogP contribution in [-0.2, 0) is 36.8 Å². The summed E-state index contributed by atoms with van der Waals surface area (Å²) < 4.78 is 0. The summed E-state index contributed by atoms with van der Waals surface area (Å²) in [6, 6.07) is 14.0. The second kappa shape index (κ2) is 20.9. The highest BCUT2D eigenvalue weighted by Crippen LogP contribution is 2.24. The molecule has 1 heterocycles. The highest BCUT2D eigenvalue weighted by atomic mass is 16.4. The smallest absolute Gasteiger partial charge is 0.328 e. The Morgan fingerprint density at radius 1 is 0.843 bits per heavy atom. The number of aliphatic carboxylic acids is 1. The standard InChI is InChI=1S/C38H55N7O6/c1-25(2)21-31(35(47)42-30(15-10-18-39)37(49)45-19-16-28(17-20-45)24-33(41-3)38(50)51)44-36(48)32(23-27-13-8-5-9-14-27)43-34(46)29(40)22-26-11-6-4-7-12-26/h4-9,11-14,25,28-33H,3,10,15-24,39-40H2,1-2H3,(H,42,47)(H,43,46)(H,44,48)(H,50,51)/t29-,30-,31-,32-,33?/m1/s1. The van der Waals surface area contributed by atoms with E-state index in [-0.39, 0.29) is 30.6 Å². The van der Waals surface area contributed by atoms with E-state index in [1.54, 1.807) is 4.90 Å². The fraction of sp³-hybridized carbons (Fsp3) is 0.526. The molecule has 13 nitrogen and oxygen atoms in total. The molecule has 0 radical (unpaired) electrons. The van der Waals surface area contributed by atoms with E-state index in [1.165, 1.54) is 0 Å². The van der Waals surface area contributed by atoms with E-state index in [0.29, 0.717) is 58.2 Å². The van der Waals surface area contributed by atoms with Crippen LogP contribution >= 0.6 is 0 Å². The number of carboxylic acid groups (broad SMARTS) is 1. The summed E-state index contributed by atoms with van der Waals surface area (Å²) in [5, 5.41) is 17.9. The number of nitrogens with one attached hydrogen (secondary N) is 3. The van der Waals surface area contributed by atoms with Gasteiger partial charge < -0.3 is 37.4 Å². The summed E-state index contributed by atoms with van der Waals surface area (Å²) in [5.41, 5.74) is 13.7. The summed E-state index contributed by atoms with van der Waals surface area (Å²) in [5.74, 6) is -2.70. The number of hydrogen-bond donors (Lipinski definition) is 6. The molecule has 0 aromatic heterocycles. The van der Waals surface area contributed by atoms with E-state index in [0.717, 1.165) is 11.1 Å². The molecule has 0 bridgehead atoms. The molecular weight excluding hydrogens is 650 g/mol. The maximum Gasteiger partial charge on any atom is 0.328 e. The molecule has 278 valence electrons. The average molecular weight is 706 g/mol. The molecular formula is C38H55N7O6. The highest BCUT2D eigenvalue weighted by molar-refractivity contribution is 5.95. The molecule has 0 aliphatic carbocycles. The van der Waals surface area contributed by atoms with Crippen molar-refractivity contribution in [3.05, 3.63) is 71.8 Å². The van der Waals surface area contributed by atoms with Gasteiger partial charge in [0.15, 0.2) is 0 Å². The van der Waals surface area contributed by atoms with Gasteiger partial charge in [0, 0.05) is 19.5 Å². The van der Waals surface area contributed by atoms with Crippen molar-refractivity contribution in [1.29, 1.82) is 0 Å². The van der Waals surface area contributed by atoms with Crippen LogP contribution < -0.4 is 27.4 Å². The third-order valence-electron chi connectivity index (χ3n) is 9.19. The van der Waals surface area contributed by atoms with Gasteiger partial charge in [-0.15, -0.1) is 0 Å². The number of likely N-dealkylation sites (tertiary alicyclic amines) is 1. The van der Waals surface area contributed by atoms with Crippen molar-refractivity contribution in [3.63, 3.8) is 0 Å². The number of aliphatic imine (C=N–C) groups is 1. The normalized spacial score (nSPS) is 16.3. The van der Waals surface area contributed by atoms with E-state index in [2.05, 4.69) is 27.7 Å². The predicted octanol–water partition coefficient (Wildman–Crippen LogP) is 1.82. The molecule has 0 spiro atoms. The van der Waals surface area contributed by atoms with Crippen LogP contribution in [0, 0.1) is 11.8 Å². The van der Waals surface area contributed by atoms with Crippen LogP contribution in [0.25, 0.3) is 0 Å². The topological polar surface area (TPSA) is 209 Å². The van der Waals surface area contributed by atoms with Crippen LogP contribution in [0.4, 0.5) is 0 Å². The van der Waals surface area contributed by atoms with E-state index in [1.807, 2.05) is 74.5 Å². The number of carboxylic acids is 1. The number of carbonyl (C=O) groups is 5. The quantitative estimate of drug-likeness (QED) is 0.112. The number of nitrogens with two attached hydrogens (primary N) is 2. The zero-order valence-corrected chi connectivity index (χ0v) is 29.8. The molecule has 2 aromatic rings. The maximum absolute atomic E-state index is 13.9. The van der Waals surface area contributed by atoms with Gasteiger partial charge in [0.05, 0.1) is 6.04 Å². The molecule has 8 N–H and O–H groups in total. The number of hydrogen-bond acceptors (Lipinski definition) is 8. The number of carbonyl (C=O) groups excluding carboxylic acids is 4. The monoisotopic (exact) mass is 705 g/mol. The average Bonchev–Trinajstić information content (AvgIpc) is 3.12. The Kier molecular flexibility index (Phi) is 16.7. The lowest BCUT2D eigenvalue weighted by Crippen LogP contribution is -2.59. The van der Waals surface area contributed by atoms with Crippen molar-refractivity contribution < 1.29 is 29.1 Å². The molecule has 1 saturated heterocycles. The molecule has 1 aliphatic heterocycles. The van der Waals surface area contributed by atoms with Crippen LogP contribution in [0.1, 0.15) is 63.5 Å². The van der Waals surface area contributed by atoms with Crippen LogP contribution in [0.2, 0.25) is 0 Å². The summed E-state index contributed by atoms with van der Waals surface area (Å²) in [6.45, 7) is 8.40. The number of benzene rings is 2. The van der Waals surface area contributed by atoms with Crippen molar-refractivity contribution in [1.82, 2.24) is 20.9 Å². The van der Waals surface area contributed by atoms with Crippen LogP contribution in [0.3, 0.4) is 0 Å². The molecule has 13 heteroatoms. The molecule has 1 aliphatic rings. The maximum atomic E-state index is 13.9. The van der Waals surface area contributed by atoms with Crippen molar-refractivity contribution in [2.24, 2.45) is 28.3 Å². The van der Waals surface area contributed by atoms with E-state index >= 15 is 0 Å². The van der Waals surface area contributed by atoms with Crippen LogP contribution in [0.5, 0.6) is 0 Å². The Morgan fingerprint density at radius 3 is 1.90 bits per heavy atom. The zero-order valence-electron chi connectivity index (χ0n) is 29.8. The van der Waals surface area contributed by atoms with Gasteiger partial charge >= 0.3 is 5.97 Å². The van der Waals surface area contributed by atoms with Gasteiger partial charge in [0.2, 0.25) is 23.6 Å². The number of rotatable bonds is 20. The van der Waals surface area contributed by atoms with Gasteiger partial charge in [-0.1, -0.05) is 74.5 Å². The van der Waals surface area contributed by atoms with Crippen LogP contribution in [-0.4, -0.2) is 96.2 Å². The lowest BCUT2D eigenvalue weighted by atomic mass is 9.90. The Bertz CT molecular complexity index is 1430. The minimum atomic E-state index is -1.02. The lowest BCUT2D eigenvalue weighted by Gasteiger charge is -2.35. The first kappa shape index (κ1) is 40.8. The van der Waals surface area contributed by atoms with Gasteiger partial charge in [-0.05, 0) is 81.2 Å². The lowest BCUT2D eigenvalue weighted by molar-refractivity contribution is -0.140. The van der Waals surface area contributed by atoms with E-state index < -0.39 is 53.9 Å². The summed E-state index contributed by atoms with van der Waals surface area (Å²) in [7, 11) is 0. The third-order valence-corrected chi connectivity index (χ3v) is 9.19. The zero-order chi connectivity index (χ0) is 37.3. The molecule has 1 unspecified atom stereocenters. The summed E-state index contributed by atoms with van der Waals surface area (Å²) >= 11 is 0. The van der Waals surface area contributed by atoms with Gasteiger partial charge in [-0.3, -0.25) is 24.2 Å². The fourth-order valence-corrected chi connectivity index (χ4v) is 6.30. The van der Waals surface area contributed by atoms with Crippen molar-refractivity contribution >= 4 is 36.3 Å². The first-order valence-corrected chi connectivity index (χ1v) is 17.8. The molecule has 0 saturated carbocycles. The minimum Gasteiger partial charge on any atom is -0.480 e. The second-order valence-electron chi connectivity index (χ2n) is 13.8. The molecule has 2 aromatic carbocycles. The van der Waals surface area contributed by atoms with E-state index in [4.69, 9.17) is 11.5 Å². The first-order chi connectivity index (χ1) is 24.4. The number of nitrogens with zero attached hydrogens (tertiary/aromatic N) is 2. The Morgan fingerprint density at radius 2 is 1.37 bits per heavy atom. The van der Waals surface area contributed by atoms with Gasteiger partial charge in [-0.2, -0.15) is 0 Å². The van der Waals surface area contributed by atoms with Gasteiger partial charge in [0.25, 0.3) is 0 Å². The third kappa shape index (κ3) is 13.6. The number of amides is 4. The molecule has 1 fully saturated rings. The minimum absolute atomic E-state index is 0.0133. The highest BCUT2D eigenvalue weighted by Gasteiger charge is 2.34. The molecule has 5 atom stereocenters. The fourth-order valence-electron chi connectivity index (χ4n) is 6.30. The Hall–Kier alpha value is -4.62. The Balaban J connectivity index is 1.72. The largest absolute Gasteiger partial charge is 0.480 e. The predicted molar refractivity (Wildman–Crippen MR) is 197 cm³/mol. The Labute approximate surface area is 301 Å². The van der Waals surface area contributed by atoms with Crippen molar-refractivity contribution in [3.8, 4) is 0 Å². The van der Waals surface area contributed by atoms with Gasteiger partial charge in [0.1, 0.15) is 24.2 Å². The number of piperidine rings is 1. The van der Waals surface area contributed by atoms with Crippen molar-refractivity contribution in [2.75, 3.05) is 19.6 Å². The first-order valence-electron chi connectivity index (χ1n) is 17.8. The van der Waals surface area contributed by atoms with Crippen LogP contribution in [0.15, 0.2) is 65.7 Å². The van der Waals surface area contributed by atoms with Crippen molar-refractivity contribution in [2.45, 2.75) is 95.4 Å². The SMILES string of the molecule is C=NC(CC1CCN(C(=O)[C@@H](CCCN)NC(=O)[C@@H](CC(C)C)NC(=O)[C@@H](Cc2ccccc2)NC(=O)[C@H](N)Cc2ccccc2)CC1)C(=O)O. The molecule has 4 amide bonds. The van der Waals surface area contributed by atoms with E-state index in [9.17, 15) is 29.1 Å². The summed E-state index contributed by atoms with van der Waals surface area (Å²) in [6.07, 6.45) is 3.14. The molecule has 3 rings (SSSR count).